The van der Waals surface area contributed by atoms with Gasteiger partial charge in [0.25, 0.3) is 0 Å². The predicted molar refractivity (Wildman–Crippen MR) is 104 cm³/mol. The van der Waals surface area contributed by atoms with Crippen LogP contribution in [0.25, 0.3) is 17.3 Å². The summed E-state index contributed by atoms with van der Waals surface area (Å²) in [6.07, 6.45) is -2.98. The molecule has 3 rings (SSSR count). The van der Waals surface area contributed by atoms with E-state index in [1.807, 2.05) is 0 Å². The summed E-state index contributed by atoms with van der Waals surface area (Å²) >= 11 is 0. The lowest BCUT2D eigenvalue weighted by atomic mass is 10.1. The smallest absolute Gasteiger partial charge is 0.422 e. The normalized spacial score (nSPS) is 16.7. The van der Waals surface area contributed by atoms with Crippen LogP contribution in [0.5, 0.6) is 17.4 Å². The van der Waals surface area contributed by atoms with Crippen molar-refractivity contribution in [2.75, 3.05) is 40.1 Å². The molecule has 1 aromatic heterocycles. The standard InChI is InChI=1S/C21H22F3NO5/c1-3-14-10-18(29-12-17-11-27-8-9-28-17)25-19(20(14)26-2)15-4-6-16(7-5-15)30-13-21(22,23)24/h3-7,10,17H,1,8-9,11-13H2,2H3. The topological polar surface area (TPSA) is 59.0 Å². The highest BCUT2D eigenvalue weighted by Gasteiger charge is 2.28. The fourth-order valence-electron chi connectivity index (χ4n) is 2.85. The first-order valence-corrected chi connectivity index (χ1v) is 9.23. The Morgan fingerprint density at radius 2 is 1.97 bits per heavy atom. The maximum atomic E-state index is 12.3. The molecule has 1 aromatic carbocycles. The van der Waals surface area contributed by atoms with Crippen LogP contribution in [0, 0.1) is 0 Å². The van der Waals surface area contributed by atoms with Crippen LogP contribution >= 0.6 is 0 Å². The summed E-state index contributed by atoms with van der Waals surface area (Å²) in [6.45, 7) is 4.21. The number of aromatic nitrogens is 1. The molecule has 1 fully saturated rings. The summed E-state index contributed by atoms with van der Waals surface area (Å²) in [4.78, 5) is 4.51. The molecule has 1 saturated heterocycles. The highest BCUT2D eigenvalue weighted by molar-refractivity contribution is 5.74. The van der Waals surface area contributed by atoms with Gasteiger partial charge in [-0.1, -0.05) is 12.7 Å². The monoisotopic (exact) mass is 425 g/mol. The minimum atomic E-state index is -4.40. The molecule has 2 aromatic rings. The summed E-state index contributed by atoms with van der Waals surface area (Å²) in [5.41, 5.74) is 1.75. The number of alkyl halides is 3. The van der Waals surface area contributed by atoms with Gasteiger partial charge in [-0.2, -0.15) is 13.2 Å². The van der Waals surface area contributed by atoms with Gasteiger partial charge in [-0.25, -0.2) is 4.98 Å². The fraction of sp³-hybridized carbons (Fsp3) is 0.381. The number of pyridine rings is 1. The van der Waals surface area contributed by atoms with Crippen LogP contribution < -0.4 is 14.2 Å². The number of ether oxygens (including phenoxy) is 5. The minimum Gasteiger partial charge on any atom is -0.494 e. The number of benzene rings is 1. The van der Waals surface area contributed by atoms with E-state index in [0.717, 1.165) is 0 Å². The summed E-state index contributed by atoms with van der Waals surface area (Å²) in [5, 5.41) is 0. The van der Waals surface area contributed by atoms with E-state index in [4.69, 9.17) is 23.7 Å². The van der Waals surface area contributed by atoms with Crippen molar-refractivity contribution in [1.82, 2.24) is 4.98 Å². The van der Waals surface area contributed by atoms with Crippen molar-refractivity contribution in [2.45, 2.75) is 12.3 Å². The molecular formula is C21H22F3NO5. The van der Waals surface area contributed by atoms with Gasteiger partial charge in [0.2, 0.25) is 5.88 Å². The van der Waals surface area contributed by atoms with Crippen molar-refractivity contribution in [3.8, 4) is 28.6 Å². The molecule has 0 spiro atoms. The molecule has 0 aliphatic carbocycles. The number of nitrogens with zero attached hydrogens (tertiary/aromatic N) is 1. The Balaban J connectivity index is 1.81. The average molecular weight is 425 g/mol. The van der Waals surface area contributed by atoms with Crippen LogP contribution in [0.3, 0.4) is 0 Å². The molecule has 1 unspecified atom stereocenters. The molecular weight excluding hydrogens is 403 g/mol. The first-order chi connectivity index (χ1) is 14.4. The van der Waals surface area contributed by atoms with Crippen LogP contribution in [0.15, 0.2) is 36.9 Å². The summed E-state index contributed by atoms with van der Waals surface area (Å²) in [5.74, 6) is 0.909. The number of hydrogen-bond donors (Lipinski definition) is 0. The van der Waals surface area contributed by atoms with Gasteiger partial charge in [0.05, 0.1) is 26.9 Å². The van der Waals surface area contributed by atoms with Crippen molar-refractivity contribution >= 4 is 6.08 Å². The maximum Gasteiger partial charge on any atom is 0.422 e. The van der Waals surface area contributed by atoms with Crippen molar-refractivity contribution in [2.24, 2.45) is 0 Å². The first kappa shape index (κ1) is 21.9. The van der Waals surface area contributed by atoms with Crippen LogP contribution in [0.2, 0.25) is 0 Å². The number of halogens is 3. The highest BCUT2D eigenvalue weighted by atomic mass is 19.4. The van der Waals surface area contributed by atoms with E-state index < -0.39 is 12.8 Å². The molecule has 30 heavy (non-hydrogen) atoms. The molecule has 0 radical (unpaired) electrons. The van der Waals surface area contributed by atoms with Gasteiger partial charge >= 0.3 is 6.18 Å². The second-order valence-corrected chi connectivity index (χ2v) is 6.44. The third-order valence-corrected chi connectivity index (χ3v) is 4.23. The Hall–Kier alpha value is -2.78. The van der Waals surface area contributed by atoms with Crippen molar-refractivity contribution < 1.29 is 36.9 Å². The predicted octanol–water partition coefficient (Wildman–Crippen LogP) is 4.14. The Morgan fingerprint density at radius 3 is 2.57 bits per heavy atom. The molecule has 9 heteroatoms. The van der Waals surface area contributed by atoms with Gasteiger partial charge in [0.15, 0.2) is 12.4 Å². The van der Waals surface area contributed by atoms with E-state index in [-0.39, 0.29) is 18.5 Å². The second kappa shape index (κ2) is 9.82. The third-order valence-electron chi connectivity index (χ3n) is 4.23. The van der Waals surface area contributed by atoms with Gasteiger partial charge in [0, 0.05) is 17.2 Å². The second-order valence-electron chi connectivity index (χ2n) is 6.44. The zero-order valence-electron chi connectivity index (χ0n) is 16.4. The Labute approximate surface area is 172 Å². The molecule has 0 saturated carbocycles. The van der Waals surface area contributed by atoms with E-state index in [9.17, 15) is 13.2 Å². The van der Waals surface area contributed by atoms with Crippen LogP contribution in [0.1, 0.15) is 5.56 Å². The number of hydrogen-bond acceptors (Lipinski definition) is 6. The third kappa shape index (κ3) is 5.87. The molecule has 0 N–H and O–H groups in total. The Bertz CT molecular complexity index is 849. The fourth-order valence-corrected chi connectivity index (χ4v) is 2.85. The van der Waals surface area contributed by atoms with Crippen molar-refractivity contribution in [3.05, 3.63) is 42.5 Å². The lowest BCUT2D eigenvalue weighted by Crippen LogP contribution is -2.33. The molecule has 6 nitrogen and oxygen atoms in total. The largest absolute Gasteiger partial charge is 0.494 e. The van der Waals surface area contributed by atoms with E-state index >= 15 is 0 Å². The van der Waals surface area contributed by atoms with Crippen LogP contribution in [-0.2, 0) is 9.47 Å². The van der Waals surface area contributed by atoms with Gasteiger partial charge in [-0.15, -0.1) is 0 Å². The van der Waals surface area contributed by atoms with Gasteiger partial charge < -0.3 is 23.7 Å². The lowest BCUT2D eigenvalue weighted by Gasteiger charge is -2.23. The van der Waals surface area contributed by atoms with Crippen LogP contribution in [0.4, 0.5) is 13.2 Å². The zero-order chi connectivity index (χ0) is 21.6. The molecule has 1 atom stereocenters. The lowest BCUT2D eigenvalue weighted by molar-refractivity contribution is -0.153. The van der Waals surface area contributed by atoms with Crippen molar-refractivity contribution in [1.29, 1.82) is 0 Å². The zero-order valence-corrected chi connectivity index (χ0v) is 16.4. The molecule has 1 aliphatic heterocycles. The quantitative estimate of drug-likeness (QED) is 0.634. The van der Waals surface area contributed by atoms with Crippen LogP contribution in [-0.4, -0.2) is 57.4 Å². The highest BCUT2D eigenvalue weighted by Crippen LogP contribution is 2.35. The van der Waals surface area contributed by atoms with E-state index in [1.165, 1.54) is 19.2 Å². The van der Waals surface area contributed by atoms with E-state index in [2.05, 4.69) is 11.6 Å². The maximum absolute atomic E-state index is 12.3. The van der Waals surface area contributed by atoms with Gasteiger partial charge in [-0.3, -0.25) is 0 Å². The molecule has 0 amide bonds. The summed E-state index contributed by atoms with van der Waals surface area (Å²) in [7, 11) is 1.50. The number of rotatable bonds is 8. The summed E-state index contributed by atoms with van der Waals surface area (Å²) in [6, 6.07) is 7.78. The average Bonchev–Trinajstić information content (AvgIpc) is 2.76. The molecule has 2 heterocycles. The van der Waals surface area contributed by atoms with E-state index in [0.29, 0.717) is 48.3 Å². The van der Waals surface area contributed by atoms with Gasteiger partial charge in [0.1, 0.15) is 24.2 Å². The first-order valence-electron chi connectivity index (χ1n) is 9.23. The molecule has 0 bridgehead atoms. The van der Waals surface area contributed by atoms with Gasteiger partial charge in [-0.05, 0) is 24.3 Å². The minimum absolute atomic E-state index is 0.0980. The SMILES string of the molecule is C=Cc1cc(OCC2COCCO2)nc(-c2ccc(OCC(F)(F)F)cc2)c1OC. The van der Waals surface area contributed by atoms with E-state index in [1.54, 1.807) is 24.3 Å². The Kier molecular flexibility index (Phi) is 7.17. The Morgan fingerprint density at radius 1 is 1.20 bits per heavy atom. The van der Waals surface area contributed by atoms with Crippen molar-refractivity contribution in [3.63, 3.8) is 0 Å². The molecule has 1 aliphatic rings. The molecule has 162 valence electrons. The summed E-state index contributed by atoms with van der Waals surface area (Å²) < 4.78 is 63.9. The number of methoxy groups -OCH3 is 1.